The van der Waals surface area contributed by atoms with Crippen LogP contribution in [0.1, 0.15) is 73.5 Å². The zero-order valence-corrected chi connectivity index (χ0v) is 33.2. The first kappa shape index (κ1) is 31.1. The molecule has 0 fully saturated rings. The Kier molecular flexibility index (Phi) is 7.15. The number of rotatable bonds is 4. The van der Waals surface area contributed by atoms with Gasteiger partial charge in [0.05, 0.1) is 5.69 Å². The maximum Gasteiger partial charge on any atom is 0.258 e. The number of ether oxygens (including phenoxy) is 1. The van der Waals surface area contributed by atoms with Crippen LogP contribution >= 0.6 is 11.3 Å². The molecule has 3 nitrogen and oxygen atoms in total. The van der Waals surface area contributed by atoms with Crippen LogP contribution in [0.25, 0.3) is 10.1 Å². The summed E-state index contributed by atoms with van der Waals surface area (Å²) < 4.78 is 32.5. The maximum atomic E-state index is 8.05. The van der Waals surface area contributed by atoms with E-state index in [1.165, 1.54) is 37.7 Å². The van der Waals surface area contributed by atoms with E-state index in [-0.39, 0.29) is 17.5 Å². The minimum Gasteiger partial charge on any atom is -0.448 e. The molecule has 1 aromatic heterocycles. The molecule has 0 aliphatic carbocycles. The molecule has 6 aromatic carbocycles. The fourth-order valence-corrected chi connectivity index (χ4v) is 9.21. The number of benzene rings is 6. The highest BCUT2D eigenvalue weighted by Crippen LogP contribution is 2.48. The van der Waals surface area contributed by atoms with Gasteiger partial charge in [-0.1, -0.05) is 130 Å². The highest BCUT2D eigenvalue weighted by atomic mass is 32.1. The minimum atomic E-state index is -2.20. The standard InChI is InChI=1S/C49H47BN2OS/c1-30-10-18-35(19-11-30)51(36-20-12-31(2)13-21-36)38-28-42-46-43(29-38)53-47-45(39-26-32(3)14-25-44(39)54-47)50(46)40-27-34(49(7,8)9)17-24-41(40)52(42)37-22-15-33(16-23-37)48(4,5)6/h10-29H,1-9H3/i1D3. The van der Waals surface area contributed by atoms with Crippen molar-refractivity contribution in [2.45, 2.75) is 73.1 Å². The second kappa shape index (κ2) is 12.4. The lowest BCUT2D eigenvalue weighted by molar-refractivity contribution is 0.502. The van der Waals surface area contributed by atoms with Crippen LogP contribution in [0.3, 0.4) is 0 Å². The van der Waals surface area contributed by atoms with Crippen molar-refractivity contribution in [2.24, 2.45) is 0 Å². The average molecular weight is 726 g/mol. The SMILES string of the molecule is [2H]C([2H])([2H])c1ccc(N(c2ccc(C)cc2)c2cc3c4c(c2)N(c2ccc(C(C)(C)C)cc2)c2ccc(C(C)(C)C)cc2B4c2c(sc4ccc(C)cc24)O3)cc1. The van der Waals surface area contributed by atoms with Crippen LogP contribution in [0.15, 0.2) is 121 Å². The number of fused-ring (bicyclic) bond motifs is 6. The first-order chi connectivity index (χ1) is 27.0. The second-order valence-corrected chi connectivity index (χ2v) is 18.1. The fourth-order valence-electron chi connectivity index (χ4n) is 8.12. The van der Waals surface area contributed by atoms with Crippen molar-refractivity contribution in [3.63, 3.8) is 0 Å². The normalized spacial score (nSPS) is 14.4. The molecular weight excluding hydrogens is 675 g/mol. The Morgan fingerprint density at radius 1 is 0.611 bits per heavy atom. The lowest BCUT2D eigenvalue weighted by Gasteiger charge is -2.41. The first-order valence-electron chi connectivity index (χ1n) is 20.4. The van der Waals surface area contributed by atoms with Gasteiger partial charge in [0.1, 0.15) is 5.75 Å². The van der Waals surface area contributed by atoms with E-state index in [4.69, 9.17) is 8.85 Å². The van der Waals surface area contributed by atoms with Crippen molar-refractivity contribution >= 4 is 78.6 Å². The quantitative estimate of drug-likeness (QED) is 0.168. The summed E-state index contributed by atoms with van der Waals surface area (Å²) in [6, 6.07) is 43.1. The van der Waals surface area contributed by atoms with Crippen LogP contribution < -0.4 is 30.9 Å². The number of thiophene rings is 1. The van der Waals surface area contributed by atoms with E-state index in [1.54, 1.807) is 23.5 Å². The zero-order chi connectivity index (χ0) is 40.2. The molecule has 7 aromatic rings. The third-order valence-corrected chi connectivity index (χ3v) is 12.2. The number of hydrogen-bond donors (Lipinski definition) is 0. The predicted molar refractivity (Wildman–Crippen MR) is 234 cm³/mol. The van der Waals surface area contributed by atoms with Gasteiger partial charge in [0, 0.05) is 43.3 Å². The monoisotopic (exact) mass is 725 g/mol. The molecule has 0 saturated heterocycles. The molecule has 5 heteroatoms. The summed E-state index contributed by atoms with van der Waals surface area (Å²) in [5, 5.41) is 2.17. The Balaban J connectivity index is 1.35. The topological polar surface area (TPSA) is 15.7 Å². The van der Waals surface area contributed by atoms with Crippen LogP contribution in [-0.4, -0.2) is 6.71 Å². The van der Waals surface area contributed by atoms with E-state index in [2.05, 4.69) is 162 Å². The van der Waals surface area contributed by atoms with Crippen molar-refractivity contribution in [1.82, 2.24) is 0 Å². The molecule has 2 aliphatic heterocycles. The summed E-state index contributed by atoms with van der Waals surface area (Å²) in [6.45, 7) is 15.6. The summed E-state index contributed by atoms with van der Waals surface area (Å²) in [4.78, 5) is 4.63. The van der Waals surface area contributed by atoms with Crippen LogP contribution in [0.5, 0.6) is 10.8 Å². The molecule has 0 unspecified atom stereocenters. The van der Waals surface area contributed by atoms with E-state index < -0.39 is 6.85 Å². The lowest BCUT2D eigenvalue weighted by atomic mass is 9.34. The number of nitrogens with zero attached hydrogens (tertiary/aromatic N) is 2. The van der Waals surface area contributed by atoms with Crippen LogP contribution in [0.4, 0.5) is 34.1 Å². The Morgan fingerprint density at radius 3 is 1.89 bits per heavy atom. The van der Waals surface area contributed by atoms with Crippen LogP contribution in [0.2, 0.25) is 0 Å². The summed E-state index contributed by atoms with van der Waals surface area (Å²) in [6.07, 6.45) is 0. The molecule has 0 saturated carbocycles. The highest BCUT2D eigenvalue weighted by molar-refractivity contribution is 7.24. The van der Waals surface area contributed by atoms with Crippen molar-refractivity contribution in [2.75, 3.05) is 9.80 Å². The number of aryl methyl sites for hydroxylation is 3. The zero-order valence-electron chi connectivity index (χ0n) is 35.3. The Bertz CT molecular complexity index is 2690. The van der Waals surface area contributed by atoms with Crippen LogP contribution in [0, 0.1) is 20.7 Å². The van der Waals surface area contributed by atoms with Gasteiger partial charge in [-0.25, -0.2) is 0 Å². The Morgan fingerprint density at radius 2 is 1.24 bits per heavy atom. The van der Waals surface area contributed by atoms with E-state index in [0.29, 0.717) is 5.56 Å². The summed E-state index contributed by atoms with van der Waals surface area (Å²) in [7, 11) is 0. The average Bonchev–Trinajstić information content (AvgIpc) is 3.51. The van der Waals surface area contributed by atoms with Gasteiger partial charge >= 0.3 is 0 Å². The minimum absolute atomic E-state index is 0.0101. The molecule has 3 heterocycles. The predicted octanol–water partition coefficient (Wildman–Crippen LogP) is 12.3. The van der Waals surface area contributed by atoms with Gasteiger partial charge < -0.3 is 14.5 Å². The Hall–Kier alpha value is -5.26. The highest BCUT2D eigenvalue weighted by Gasteiger charge is 2.45. The molecule has 54 heavy (non-hydrogen) atoms. The smallest absolute Gasteiger partial charge is 0.258 e. The van der Waals surface area contributed by atoms with E-state index >= 15 is 0 Å². The maximum absolute atomic E-state index is 8.05. The largest absolute Gasteiger partial charge is 0.448 e. The molecule has 268 valence electrons. The van der Waals surface area contributed by atoms with Crippen molar-refractivity contribution in [3.8, 4) is 10.8 Å². The van der Waals surface area contributed by atoms with Gasteiger partial charge in [-0.3, -0.25) is 0 Å². The molecule has 0 radical (unpaired) electrons. The third kappa shape index (κ3) is 5.72. The van der Waals surface area contributed by atoms with Crippen LogP contribution in [-0.2, 0) is 10.8 Å². The van der Waals surface area contributed by atoms with Crippen molar-refractivity contribution < 1.29 is 8.85 Å². The van der Waals surface area contributed by atoms with E-state index in [0.717, 1.165) is 56.0 Å². The van der Waals surface area contributed by atoms with Gasteiger partial charge in [0.25, 0.3) is 6.71 Å². The molecule has 2 aliphatic rings. The Labute approximate surface area is 329 Å². The molecule has 0 spiro atoms. The first-order valence-corrected chi connectivity index (χ1v) is 19.7. The molecular formula is C49H47BN2OS. The number of hydrogen-bond acceptors (Lipinski definition) is 4. The van der Waals surface area contributed by atoms with Gasteiger partial charge in [-0.2, -0.15) is 0 Å². The lowest BCUT2D eigenvalue weighted by Crippen LogP contribution is -2.59. The fraction of sp³-hybridized carbons (Fsp3) is 0.224. The summed E-state index contributed by atoms with van der Waals surface area (Å²) in [5.74, 6) is 0.822. The van der Waals surface area contributed by atoms with E-state index in [1.807, 2.05) is 12.1 Å². The van der Waals surface area contributed by atoms with Crippen molar-refractivity contribution in [3.05, 3.63) is 149 Å². The molecule has 0 N–H and O–H groups in total. The van der Waals surface area contributed by atoms with E-state index in [9.17, 15) is 0 Å². The molecule has 0 bridgehead atoms. The van der Waals surface area contributed by atoms with Gasteiger partial charge in [0.15, 0.2) is 5.06 Å². The van der Waals surface area contributed by atoms with Crippen molar-refractivity contribution in [1.29, 1.82) is 0 Å². The number of anilines is 6. The summed E-state index contributed by atoms with van der Waals surface area (Å²) in [5.41, 5.74) is 14.9. The molecule has 9 rings (SSSR count). The second-order valence-electron chi connectivity index (χ2n) is 17.1. The third-order valence-electron chi connectivity index (χ3n) is 11.1. The summed E-state index contributed by atoms with van der Waals surface area (Å²) >= 11 is 1.72. The van der Waals surface area contributed by atoms with Gasteiger partial charge in [-0.15, -0.1) is 0 Å². The molecule has 0 atom stereocenters. The van der Waals surface area contributed by atoms with Gasteiger partial charge in [0.2, 0.25) is 0 Å². The molecule has 0 amide bonds. The van der Waals surface area contributed by atoms with Gasteiger partial charge in [-0.05, 0) is 119 Å².